The Kier molecular flexibility index (Phi) is 2.89. The van der Waals surface area contributed by atoms with Gasteiger partial charge < -0.3 is 10.3 Å². The summed E-state index contributed by atoms with van der Waals surface area (Å²) in [5, 5.41) is 0.848. The van der Waals surface area contributed by atoms with Gasteiger partial charge in [0.25, 0.3) is 0 Å². The summed E-state index contributed by atoms with van der Waals surface area (Å²) in [7, 11) is 0. The Bertz CT molecular complexity index is 792. The van der Waals surface area contributed by atoms with E-state index in [1.54, 1.807) is 12.1 Å². The van der Waals surface area contributed by atoms with Gasteiger partial charge in [-0.2, -0.15) is 0 Å². The fraction of sp³-hybridized carbons (Fsp3) is 0.200. The maximum Gasteiger partial charge on any atom is 0.146 e. The normalized spacial score (nSPS) is 11.2. The highest BCUT2D eigenvalue weighted by molar-refractivity contribution is 5.90. The second-order valence-electron chi connectivity index (χ2n) is 4.85. The lowest BCUT2D eigenvalue weighted by Crippen LogP contribution is -2.05. The van der Waals surface area contributed by atoms with E-state index < -0.39 is 0 Å². The lowest BCUT2D eigenvalue weighted by atomic mass is 10.2. The number of aromatic nitrogens is 3. The van der Waals surface area contributed by atoms with Crippen LogP contribution in [0.3, 0.4) is 0 Å². The molecule has 3 aromatic rings. The molecule has 0 atom stereocenters. The van der Waals surface area contributed by atoms with E-state index in [4.69, 9.17) is 5.73 Å². The van der Waals surface area contributed by atoms with Crippen LogP contribution in [0.5, 0.6) is 0 Å². The van der Waals surface area contributed by atoms with Crippen molar-refractivity contribution in [3.8, 4) is 0 Å². The third-order valence-electron chi connectivity index (χ3n) is 3.72. The zero-order chi connectivity index (χ0) is 14.3. The molecular formula is C15H15FN4. The van der Waals surface area contributed by atoms with Crippen LogP contribution in [0.1, 0.15) is 16.8 Å². The molecule has 0 spiro atoms. The molecule has 2 N–H and O–H groups in total. The van der Waals surface area contributed by atoms with Crippen molar-refractivity contribution in [3.05, 3.63) is 53.2 Å². The minimum Gasteiger partial charge on any atom is -0.383 e. The number of anilines is 1. The van der Waals surface area contributed by atoms with Gasteiger partial charge in [-0.05, 0) is 25.5 Å². The standard InChI is InChI=1S/C15H15FN4/c1-9-10(2)20(7-11-5-3-4-6-12(11)16)15-13(9)14(17)18-8-19-15/h3-6,8H,7H2,1-2H3,(H2,17,18,19). The van der Waals surface area contributed by atoms with Crippen molar-refractivity contribution >= 4 is 16.9 Å². The zero-order valence-electron chi connectivity index (χ0n) is 11.4. The van der Waals surface area contributed by atoms with Crippen LogP contribution in [0.2, 0.25) is 0 Å². The molecule has 4 nitrogen and oxygen atoms in total. The lowest BCUT2D eigenvalue weighted by molar-refractivity contribution is 0.599. The Hall–Kier alpha value is -2.43. The first kappa shape index (κ1) is 12.6. The molecule has 0 bridgehead atoms. The van der Waals surface area contributed by atoms with Gasteiger partial charge in [0.1, 0.15) is 23.6 Å². The van der Waals surface area contributed by atoms with Crippen LogP contribution in [0.15, 0.2) is 30.6 Å². The summed E-state index contributed by atoms with van der Waals surface area (Å²) in [6.07, 6.45) is 1.44. The van der Waals surface area contributed by atoms with Crippen LogP contribution in [-0.4, -0.2) is 14.5 Å². The summed E-state index contributed by atoms with van der Waals surface area (Å²) < 4.78 is 15.8. The van der Waals surface area contributed by atoms with Crippen LogP contribution in [0.4, 0.5) is 10.2 Å². The largest absolute Gasteiger partial charge is 0.383 e. The monoisotopic (exact) mass is 270 g/mol. The van der Waals surface area contributed by atoms with Crippen molar-refractivity contribution in [2.75, 3.05) is 5.73 Å². The number of benzene rings is 1. The topological polar surface area (TPSA) is 56.7 Å². The number of nitrogen functional groups attached to an aromatic ring is 1. The summed E-state index contributed by atoms with van der Waals surface area (Å²) in [6, 6.07) is 6.76. The Morgan fingerprint density at radius 3 is 2.70 bits per heavy atom. The first-order valence-electron chi connectivity index (χ1n) is 6.39. The molecule has 0 saturated heterocycles. The maximum atomic E-state index is 13.8. The highest BCUT2D eigenvalue weighted by atomic mass is 19.1. The van der Waals surface area contributed by atoms with Crippen molar-refractivity contribution in [3.63, 3.8) is 0 Å². The van der Waals surface area contributed by atoms with Crippen LogP contribution in [-0.2, 0) is 6.54 Å². The molecule has 2 aromatic heterocycles. The zero-order valence-corrected chi connectivity index (χ0v) is 11.4. The van der Waals surface area contributed by atoms with Crippen molar-refractivity contribution in [1.29, 1.82) is 0 Å². The first-order chi connectivity index (χ1) is 9.59. The molecule has 0 unspecified atom stereocenters. The molecule has 0 aliphatic rings. The van der Waals surface area contributed by atoms with Crippen molar-refractivity contribution < 1.29 is 4.39 Å². The molecule has 1 aromatic carbocycles. The Morgan fingerprint density at radius 1 is 1.20 bits per heavy atom. The first-order valence-corrected chi connectivity index (χ1v) is 6.39. The molecule has 0 aliphatic carbocycles. The molecule has 3 rings (SSSR count). The number of nitrogens with two attached hydrogens (primary N) is 1. The molecule has 0 radical (unpaired) electrons. The predicted molar refractivity (Wildman–Crippen MR) is 76.9 cm³/mol. The third kappa shape index (κ3) is 1.82. The van der Waals surface area contributed by atoms with Gasteiger partial charge in [-0.1, -0.05) is 18.2 Å². The Labute approximate surface area is 116 Å². The van der Waals surface area contributed by atoms with Crippen LogP contribution in [0.25, 0.3) is 11.0 Å². The highest BCUT2D eigenvalue weighted by Crippen LogP contribution is 2.27. The second kappa shape index (κ2) is 4.59. The molecule has 5 heteroatoms. The van der Waals surface area contributed by atoms with E-state index in [1.165, 1.54) is 12.4 Å². The third-order valence-corrected chi connectivity index (χ3v) is 3.72. The van der Waals surface area contributed by atoms with Gasteiger partial charge in [0, 0.05) is 11.3 Å². The lowest BCUT2D eigenvalue weighted by Gasteiger charge is -2.08. The summed E-state index contributed by atoms with van der Waals surface area (Å²) in [6.45, 7) is 4.39. The van der Waals surface area contributed by atoms with Gasteiger partial charge in [-0.25, -0.2) is 14.4 Å². The number of hydrogen-bond donors (Lipinski definition) is 1. The molecule has 2 heterocycles. The molecule has 0 fully saturated rings. The second-order valence-corrected chi connectivity index (χ2v) is 4.85. The quantitative estimate of drug-likeness (QED) is 0.779. The maximum absolute atomic E-state index is 13.8. The molecule has 0 saturated carbocycles. The van der Waals surface area contributed by atoms with Crippen molar-refractivity contribution in [1.82, 2.24) is 14.5 Å². The van der Waals surface area contributed by atoms with Crippen LogP contribution in [0, 0.1) is 19.7 Å². The molecule has 20 heavy (non-hydrogen) atoms. The van der Waals surface area contributed by atoms with Gasteiger partial charge in [-0.3, -0.25) is 0 Å². The van der Waals surface area contributed by atoms with Crippen LogP contribution < -0.4 is 5.73 Å². The van der Waals surface area contributed by atoms with Gasteiger partial charge in [0.15, 0.2) is 0 Å². The van der Waals surface area contributed by atoms with E-state index >= 15 is 0 Å². The number of rotatable bonds is 2. The molecule has 0 amide bonds. The molecule has 102 valence electrons. The Balaban J connectivity index is 2.20. The summed E-state index contributed by atoms with van der Waals surface area (Å²) in [4.78, 5) is 8.33. The average molecular weight is 270 g/mol. The summed E-state index contributed by atoms with van der Waals surface area (Å²) in [5.74, 6) is 0.247. The SMILES string of the molecule is Cc1c(C)n(Cc2ccccc2F)c2ncnc(N)c12. The van der Waals surface area contributed by atoms with Gasteiger partial charge in [-0.15, -0.1) is 0 Å². The van der Waals surface area contributed by atoms with Gasteiger partial charge in [0.2, 0.25) is 0 Å². The van der Waals surface area contributed by atoms with E-state index in [0.717, 1.165) is 22.3 Å². The van der Waals surface area contributed by atoms with Crippen LogP contribution >= 0.6 is 0 Å². The van der Waals surface area contributed by atoms with Crippen molar-refractivity contribution in [2.24, 2.45) is 0 Å². The highest BCUT2D eigenvalue weighted by Gasteiger charge is 2.16. The van der Waals surface area contributed by atoms with Crippen molar-refractivity contribution in [2.45, 2.75) is 20.4 Å². The van der Waals surface area contributed by atoms with E-state index in [-0.39, 0.29) is 5.82 Å². The average Bonchev–Trinajstić information content (AvgIpc) is 2.67. The number of halogens is 1. The number of fused-ring (bicyclic) bond motifs is 1. The molecular weight excluding hydrogens is 255 g/mol. The van der Waals surface area contributed by atoms with Gasteiger partial charge in [0.05, 0.1) is 11.9 Å². The summed E-state index contributed by atoms with van der Waals surface area (Å²) in [5.41, 5.74) is 9.36. The van der Waals surface area contributed by atoms with E-state index in [2.05, 4.69) is 9.97 Å². The fourth-order valence-corrected chi connectivity index (χ4v) is 2.49. The minimum atomic E-state index is -0.214. The predicted octanol–water partition coefficient (Wildman–Crippen LogP) is 2.82. The fourth-order valence-electron chi connectivity index (χ4n) is 2.49. The van der Waals surface area contributed by atoms with Gasteiger partial charge >= 0.3 is 0 Å². The van der Waals surface area contributed by atoms with E-state index in [1.807, 2.05) is 24.5 Å². The summed E-state index contributed by atoms with van der Waals surface area (Å²) >= 11 is 0. The number of aryl methyl sites for hydroxylation is 1. The van der Waals surface area contributed by atoms with E-state index in [9.17, 15) is 4.39 Å². The van der Waals surface area contributed by atoms with E-state index in [0.29, 0.717) is 17.9 Å². The Morgan fingerprint density at radius 2 is 1.95 bits per heavy atom. The number of hydrogen-bond acceptors (Lipinski definition) is 3. The molecule has 0 aliphatic heterocycles. The number of nitrogens with zero attached hydrogens (tertiary/aromatic N) is 3. The minimum absolute atomic E-state index is 0.214. The smallest absolute Gasteiger partial charge is 0.146 e.